The molecular formula is C15H21N. The molecule has 0 heterocycles. The van der Waals surface area contributed by atoms with E-state index in [9.17, 15) is 0 Å². The molecule has 1 N–H and O–H groups in total. The number of nitrogens with one attached hydrogen (secondary N) is 1. The second kappa shape index (κ2) is 6.35. The quantitative estimate of drug-likeness (QED) is 0.741. The number of terminal acetylenes is 1. The smallest absolute Gasteiger partial charge is 0.0326 e. The lowest BCUT2D eigenvalue weighted by molar-refractivity contribution is 0.558. The summed E-state index contributed by atoms with van der Waals surface area (Å²) in [5, 5.41) is 3.31. The van der Waals surface area contributed by atoms with Crippen LogP contribution in [0.5, 0.6) is 0 Å². The van der Waals surface area contributed by atoms with Gasteiger partial charge in [0.05, 0.1) is 0 Å². The van der Waals surface area contributed by atoms with E-state index in [1.165, 1.54) is 11.1 Å². The predicted octanol–water partition coefficient (Wildman–Crippen LogP) is 3.48. The van der Waals surface area contributed by atoms with Crippen LogP contribution in [0.2, 0.25) is 0 Å². The van der Waals surface area contributed by atoms with E-state index in [0.29, 0.717) is 12.0 Å². The van der Waals surface area contributed by atoms with Crippen molar-refractivity contribution in [3.8, 4) is 12.3 Å². The Kier molecular flexibility index (Phi) is 5.08. The Balaban J connectivity index is 2.75. The minimum Gasteiger partial charge on any atom is -0.313 e. The van der Waals surface area contributed by atoms with E-state index in [2.05, 4.69) is 49.4 Å². The van der Waals surface area contributed by atoms with Crippen LogP contribution in [0.25, 0.3) is 0 Å². The summed E-state index contributed by atoms with van der Waals surface area (Å²) in [4.78, 5) is 0. The summed E-state index contributed by atoms with van der Waals surface area (Å²) in [7, 11) is 1.98. The van der Waals surface area contributed by atoms with Crippen molar-refractivity contribution in [2.24, 2.45) is 0 Å². The fourth-order valence-corrected chi connectivity index (χ4v) is 1.82. The summed E-state index contributed by atoms with van der Waals surface area (Å²) in [5.41, 5.74) is 2.71. The molecule has 0 radical (unpaired) electrons. The van der Waals surface area contributed by atoms with E-state index < -0.39 is 0 Å². The fourth-order valence-electron chi connectivity index (χ4n) is 1.82. The van der Waals surface area contributed by atoms with Gasteiger partial charge in [-0.05, 0) is 30.5 Å². The highest BCUT2D eigenvalue weighted by Gasteiger charge is 2.08. The predicted molar refractivity (Wildman–Crippen MR) is 70.4 cm³/mol. The Morgan fingerprint density at radius 2 is 1.75 bits per heavy atom. The maximum atomic E-state index is 5.30. The van der Waals surface area contributed by atoms with E-state index in [-0.39, 0.29) is 0 Å². The lowest BCUT2D eigenvalue weighted by atomic mass is 9.97. The monoisotopic (exact) mass is 215 g/mol. The topological polar surface area (TPSA) is 12.0 Å². The summed E-state index contributed by atoms with van der Waals surface area (Å²) in [6, 6.07) is 9.19. The van der Waals surface area contributed by atoms with Gasteiger partial charge in [-0.25, -0.2) is 0 Å². The SMILES string of the molecule is C#CCCC(NC)c1ccc(C(C)C)cc1. The van der Waals surface area contributed by atoms with Crippen molar-refractivity contribution in [3.63, 3.8) is 0 Å². The molecule has 0 spiro atoms. The first kappa shape index (κ1) is 12.8. The number of hydrogen-bond acceptors (Lipinski definition) is 1. The molecule has 0 bridgehead atoms. The molecule has 1 heteroatoms. The molecule has 0 fully saturated rings. The summed E-state index contributed by atoms with van der Waals surface area (Å²) in [6.07, 6.45) is 7.11. The molecule has 1 unspecified atom stereocenters. The highest BCUT2D eigenvalue weighted by atomic mass is 14.9. The van der Waals surface area contributed by atoms with Crippen LogP contribution < -0.4 is 5.32 Å². The highest BCUT2D eigenvalue weighted by Crippen LogP contribution is 2.21. The van der Waals surface area contributed by atoms with E-state index >= 15 is 0 Å². The Morgan fingerprint density at radius 3 is 2.19 bits per heavy atom. The van der Waals surface area contributed by atoms with Crippen molar-refractivity contribution in [3.05, 3.63) is 35.4 Å². The molecule has 1 aromatic carbocycles. The molecule has 86 valence electrons. The molecule has 1 aromatic rings. The zero-order valence-electron chi connectivity index (χ0n) is 10.5. The first-order chi connectivity index (χ1) is 7.69. The molecule has 0 aromatic heterocycles. The molecular weight excluding hydrogens is 194 g/mol. The van der Waals surface area contributed by atoms with Gasteiger partial charge < -0.3 is 5.32 Å². The molecule has 1 nitrogen and oxygen atoms in total. The minimum atomic E-state index is 0.372. The highest BCUT2D eigenvalue weighted by molar-refractivity contribution is 5.26. The van der Waals surface area contributed by atoms with Crippen molar-refractivity contribution in [2.75, 3.05) is 7.05 Å². The first-order valence-corrected chi connectivity index (χ1v) is 5.89. The second-order valence-corrected chi connectivity index (χ2v) is 4.41. The van der Waals surface area contributed by atoms with Crippen molar-refractivity contribution >= 4 is 0 Å². The average Bonchev–Trinajstić information content (AvgIpc) is 2.30. The average molecular weight is 215 g/mol. The van der Waals surface area contributed by atoms with Crippen molar-refractivity contribution < 1.29 is 0 Å². The van der Waals surface area contributed by atoms with Crippen LogP contribution in [-0.2, 0) is 0 Å². The van der Waals surface area contributed by atoms with Gasteiger partial charge in [-0.2, -0.15) is 0 Å². The van der Waals surface area contributed by atoms with Gasteiger partial charge in [0, 0.05) is 12.5 Å². The van der Waals surface area contributed by atoms with Crippen LogP contribution in [0, 0.1) is 12.3 Å². The lowest BCUT2D eigenvalue weighted by Gasteiger charge is -2.16. The minimum absolute atomic E-state index is 0.372. The normalized spacial score (nSPS) is 12.4. The van der Waals surface area contributed by atoms with Gasteiger partial charge in [0.2, 0.25) is 0 Å². The molecule has 0 amide bonds. The number of benzene rings is 1. The zero-order valence-corrected chi connectivity index (χ0v) is 10.5. The molecule has 0 aliphatic heterocycles. The van der Waals surface area contributed by atoms with E-state index in [1.807, 2.05) is 7.05 Å². The largest absolute Gasteiger partial charge is 0.313 e. The molecule has 16 heavy (non-hydrogen) atoms. The van der Waals surface area contributed by atoms with Gasteiger partial charge in [-0.1, -0.05) is 38.1 Å². The maximum absolute atomic E-state index is 5.30. The van der Waals surface area contributed by atoms with Gasteiger partial charge in [0.25, 0.3) is 0 Å². The van der Waals surface area contributed by atoms with E-state index in [4.69, 9.17) is 6.42 Å². The number of hydrogen-bond donors (Lipinski definition) is 1. The third-order valence-electron chi connectivity index (χ3n) is 2.93. The number of rotatable bonds is 5. The van der Waals surface area contributed by atoms with Crippen molar-refractivity contribution in [2.45, 2.75) is 38.6 Å². The Bertz CT molecular complexity index is 343. The summed E-state index contributed by atoms with van der Waals surface area (Å²) < 4.78 is 0. The van der Waals surface area contributed by atoms with Crippen LogP contribution in [0.4, 0.5) is 0 Å². The van der Waals surface area contributed by atoms with Crippen LogP contribution in [0.15, 0.2) is 24.3 Å². The van der Waals surface area contributed by atoms with Gasteiger partial charge in [-0.3, -0.25) is 0 Å². The summed E-state index contributed by atoms with van der Waals surface area (Å²) >= 11 is 0. The first-order valence-electron chi connectivity index (χ1n) is 5.89. The standard InChI is InChI=1S/C15H21N/c1-5-6-7-15(16-4)14-10-8-13(9-11-14)12(2)3/h1,8-12,15-16H,6-7H2,2-4H3. The summed E-state index contributed by atoms with van der Waals surface area (Å²) in [6.45, 7) is 4.42. The van der Waals surface area contributed by atoms with E-state index in [0.717, 1.165) is 12.8 Å². The lowest BCUT2D eigenvalue weighted by Crippen LogP contribution is -2.16. The molecule has 0 saturated heterocycles. The fraction of sp³-hybridized carbons (Fsp3) is 0.467. The van der Waals surface area contributed by atoms with Gasteiger partial charge in [-0.15, -0.1) is 12.3 Å². The van der Waals surface area contributed by atoms with Gasteiger partial charge >= 0.3 is 0 Å². The van der Waals surface area contributed by atoms with Gasteiger partial charge in [0.1, 0.15) is 0 Å². The zero-order chi connectivity index (χ0) is 12.0. The molecule has 1 rings (SSSR count). The molecule has 1 atom stereocenters. The Labute approximate surface area is 99.3 Å². The Morgan fingerprint density at radius 1 is 1.19 bits per heavy atom. The Hall–Kier alpha value is -1.26. The second-order valence-electron chi connectivity index (χ2n) is 4.41. The third-order valence-corrected chi connectivity index (χ3v) is 2.93. The van der Waals surface area contributed by atoms with Gasteiger partial charge in [0.15, 0.2) is 0 Å². The van der Waals surface area contributed by atoms with E-state index in [1.54, 1.807) is 0 Å². The van der Waals surface area contributed by atoms with Crippen LogP contribution >= 0.6 is 0 Å². The summed E-state index contributed by atoms with van der Waals surface area (Å²) in [5.74, 6) is 3.28. The van der Waals surface area contributed by atoms with Crippen LogP contribution in [0.1, 0.15) is 49.8 Å². The molecule has 0 aliphatic rings. The molecule has 0 saturated carbocycles. The van der Waals surface area contributed by atoms with Crippen molar-refractivity contribution in [1.29, 1.82) is 0 Å². The van der Waals surface area contributed by atoms with Crippen molar-refractivity contribution in [1.82, 2.24) is 5.32 Å². The maximum Gasteiger partial charge on any atom is 0.0326 e. The van der Waals surface area contributed by atoms with Crippen LogP contribution in [0.3, 0.4) is 0 Å². The van der Waals surface area contributed by atoms with Crippen LogP contribution in [-0.4, -0.2) is 7.05 Å². The third kappa shape index (κ3) is 3.40. The molecule has 0 aliphatic carbocycles.